The molecule has 14 heavy (non-hydrogen) atoms. The number of rotatable bonds is 6. The largest absolute Gasteiger partial charge is 0.468 e. The summed E-state index contributed by atoms with van der Waals surface area (Å²) in [5, 5.41) is 0. The molecule has 0 aromatic heterocycles. The molecule has 0 aliphatic heterocycles. The molecule has 80 valence electrons. The van der Waals surface area contributed by atoms with E-state index in [1.54, 1.807) is 0 Å². The zero-order chi connectivity index (χ0) is 10.6. The van der Waals surface area contributed by atoms with Gasteiger partial charge in [-0.3, -0.25) is 4.79 Å². The standard InChI is InChI=1S/C12H20O2/c1-3-4-5-6-7-8-9-10-11-12(13)14-2/h3-8,11H2,1-2H3. The topological polar surface area (TPSA) is 26.3 Å². The second-order valence-corrected chi connectivity index (χ2v) is 3.27. The smallest absolute Gasteiger partial charge is 0.317 e. The maximum atomic E-state index is 10.7. The lowest BCUT2D eigenvalue weighted by Crippen LogP contribution is -1.96. The first-order valence-corrected chi connectivity index (χ1v) is 5.33. The number of unbranched alkanes of at least 4 members (excludes halogenated alkanes) is 5. The Morgan fingerprint density at radius 3 is 2.50 bits per heavy atom. The van der Waals surface area contributed by atoms with E-state index in [2.05, 4.69) is 23.5 Å². The Balaban J connectivity index is 3.22. The summed E-state index contributed by atoms with van der Waals surface area (Å²) in [4.78, 5) is 10.7. The van der Waals surface area contributed by atoms with Crippen LogP contribution in [0.5, 0.6) is 0 Å². The molecule has 0 bridgehead atoms. The van der Waals surface area contributed by atoms with E-state index in [-0.39, 0.29) is 12.4 Å². The van der Waals surface area contributed by atoms with E-state index in [0.717, 1.165) is 12.8 Å². The summed E-state index contributed by atoms with van der Waals surface area (Å²) in [6.45, 7) is 2.20. The van der Waals surface area contributed by atoms with Crippen LogP contribution in [-0.4, -0.2) is 13.1 Å². The molecule has 0 radical (unpaired) electrons. The highest BCUT2D eigenvalue weighted by Crippen LogP contribution is 2.03. The average molecular weight is 196 g/mol. The van der Waals surface area contributed by atoms with Gasteiger partial charge in [0, 0.05) is 6.42 Å². The van der Waals surface area contributed by atoms with E-state index in [4.69, 9.17) is 0 Å². The van der Waals surface area contributed by atoms with Crippen LogP contribution in [0.25, 0.3) is 0 Å². The molecule has 0 unspecified atom stereocenters. The van der Waals surface area contributed by atoms with Gasteiger partial charge in [-0.05, 0) is 6.42 Å². The van der Waals surface area contributed by atoms with Gasteiger partial charge in [0.2, 0.25) is 0 Å². The highest BCUT2D eigenvalue weighted by Gasteiger charge is 1.92. The molecular formula is C12H20O2. The SMILES string of the molecule is CCCCCCCC#CCC(=O)OC. The van der Waals surface area contributed by atoms with Crippen LogP contribution < -0.4 is 0 Å². The fraction of sp³-hybridized carbons (Fsp3) is 0.750. The lowest BCUT2D eigenvalue weighted by molar-refractivity contribution is -0.139. The second kappa shape index (κ2) is 10.1. The fourth-order valence-corrected chi connectivity index (χ4v) is 1.11. The third kappa shape index (κ3) is 9.12. The summed E-state index contributed by atoms with van der Waals surface area (Å²) < 4.78 is 4.47. The summed E-state index contributed by atoms with van der Waals surface area (Å²) in [7, 11) is 1.38. The van der Waals surface area contributed by atoms with Crippen molar-refractivity contribution >= 4 is 5.97 Å². The van der Waals surface area contributed by atoms with Gasteiger partial charge in [-0.25, -0.2) is 0 Å². The van der Waals surface area contributed by atoms with Crippen molar-refractivity contribution in [2.45, 2.75) is 51.9 Å². The third-order valence-corrected chi connectivity index (χ3v) is 1.99. The zero-order valence-corrected chi connectivity index (χ0v) is 9.27. The quantitative estimate of drug-likeness (QED) is 0.371. The van der Waals surface area contributed by atoms with Crippen LogP contribution in [0.3, 0.4) is 0 Å². The zero-order valence-electron chi connectivity index (χ0n) is 9.27. The second-order valence-electron chi connectivity index (χ2n) is 3.27. The van der Waals surface area contributed by atoms with Gasteiger partial charge in [-0.2, -0.15) is 0 Å². The minimum absolute atomic E-state index is 0.228. The molecule has 0 rings (SSSR count). The number of hydrogen-bond donors (Lipinski definition) is 0. The maximum absolute atomic E-state index is 10.7. The van der Waals surface area contributed by atoms with E-state index in [1.165, 1.54) is 32.8 Å². The van der Waals surface area contributed by atoms with Crippen molar-refractivity contribution in [2.75, 3.05) is 7.11 Å². The van der Waals surface area contributed by atoms with E-state index in [0.29, 0.717) is 0 Å². The van der Waals surface area contributed by atoms with Crippen LogP contribution in [0, 0.1) is 11.8 Å². The summed E-state index contributed by atoms with van der Waals surface area (Å²) in [6, 6.07) is 0. The Morgan fingerprint density at radius 1 is 1.14 bits per heavy atom. The van der Waals surface area contributed by atoms with Gasteiger partial charge < -0.3 is 4.74 Å². The Bertz CT molecular complexity index is 198. The number of ether oxygens (including phenoxy) is 1. The summed E-state index contributed by atoms with van der Waals surface area (Å²) >= 11 is 0. The highest BCUT2D eigenvalue weighted by molar-refractivity contribution is 5.72. The fourth-order valence-electron chi connectivity index (χ4n) is 1.11. The molecule has 0 fully saturated rings. The van der Waals surface area contributed by atoms with E-state index in [1.807, 2.05) is 0 Å². The summed E-state index contributed by atoms with van der Waals surface area (Å²) in [6.07, 6.45) is 7.42. The van der Waals surface area contributed by atoms with E-state index >= 15 is 0 Å². The molecule has 0 heterocycles. The maximum Gasteiger partial charge on any atom is 0.317 e. The predicted molar refractivity (Wildman–Crippen MR) is 57.8 cm³/mol. The molecule has 0 saturated heterocycles. The van der Waals surface area contributed by atoms with Crippen LogP contribution in [-0.2, 0) is 9.53 Å². The minimum Gasteiger partial charge on any atom is -0.468 e. The molecule has 0 aromatic rings. The van der Waals surface area contributed by atoms with E-state index in [9.17, 15) is 4.79 Å². The molecule has 2 heteroatoms. The van der Waals surface area contributed by atoms with Crippen molar-refractivity contribution < 1.29 is 9.53 Å². The Hall–Kier alpha value is -0.970. The van der Waals surface area contributed by atoms with Gasteiger partial charge in [0.25, 0.3) is 0 Å². The number of esters is 1. The van der Waals surface area contributed by atoms with Crippen molar-refractivity contribution in [1.29, 1.82) is 0 Å². The molecule has 0 N–H and O–H groups in total. The summed E-state index contributed by atoms with van der Waals surface area (Å²) in [5.41, 5.74) is 0. The number of hydrogen-bond acceptors (Lipinski definition) is 2. The van der Waals surface area contributed by atoms with Gasteiger partial charge in [-0.1, -0.05) is 38.5 Å². The Morgan fingerprint density at radius 2 is 1.86 bits per heavy atom. The van der Waals surface area contributed by atoms with Crippen LogP contribution in [0.4, 0.5) is 0 Å². The molecule has 2 nitrogen and oxygen atoms in total. The van der Waals surface area contributed by atoms with Crippen LogP contribution in [0.2, 0.25) is 0 Å². The molecule has 0 atom stereocenters. The van der Waals surface area contributed by atoms with Crippen LogP contribution >= 0.6 is 0 Å². The number of carbonyl (C=O) groups excluding carboxylic acids is 1. The molecule has 0 aliphatic rings. The van der Waals surface area contributed by atoms with Gasteiger partial charge in [0.1, 0.15) is 6.42 Å². The normalized spacial score (nSPS) is 9.00. The van der Waals surface area contributed by atoms with Crippen molar-refractivity contribution in [2.24, 2.45) is 0 Å². The van der Waals surface area contributed by atoms with Crippen LogP contribution in [0.15, 0.2) is 0 Å². The molecular weight excluding hydrogens is 176 g/mol. The van der Waals surface area contributed by atoms with Crippen molar-refractivity contribution in [3.63, 3.8) is 0 Å². The number of methoxy groups -OCH3 is 1. The summed E-state index contributed by atoms with van der Waals surface area (Å²) in [5.74, 6) is 5.53. The van der Waals surface area contributed by atoms with E-state index < -0.39 is 0 Å². The number of carbonyl (C=O) groups is 1. The average Bonchev–Trinajstić information content (AvgIpc) is 2.21. The van der Waals surface area contributed by atoms with Crippen molar-refractivity contribution in [1.82, 2.24) is 0 Å². The third-order valence-electron chi connectivity index (χ3n) is 1.99. The van der Waals surface area contributed by atoms with Gasteiger partial charge in [-0.15, -0.1) is 5.92 Å². The Labute approximate surface area is 87.0 Å². The van der Waals surface area contributed by atoms with Gasteiger partial charge >= 0.3 is 5.97 Å². The lowest BCUT2D eigenvalue weighted by Gasteiger charge is -1.94. The molecule has 0 spiro atoms. The van der Waals surface area contributed by atoms with Crippen LogP contribution in [0.1, 0.15) is 51.9 Å². The molecule has 0 aliphatic carbocycles. The van der Waals surface area contributed by atoms with Crippen molar-refractivity contribution in [3.05, 3.63) is 0 Å². The van der Waals surface area contributed by atoms with Crippen molar-refractivity contribution in [3.8, 4) is 11.8 Å². The predicted octanol–water partition coefficient (Wildman–Crippen LogP) is 2.91. The first-order chi connectivity index (χ1) is 6.81. The minimum atomic E-state index is -0.247. The monoisotopic (exact) mass is 196 g/mol. The van der Waals surface area contributed by atoms with Gasteiger partial charge in [0.15, 0.2) is 0 Å². The van der Waals surface area contributed by atoms with Gasteiger partial charge in [0.05, 0.1) is 7.11 Å². The molecule has 0 aromatic carbocycles. The molecule has 0 saturated carbocycles. The Kier molecular flexibility index (Phi) is 9.41. The first kappa shape index (κ1) is 13.0. The first-order valence-electron chi connectivity index (χ1n) is 5.33. The lowest BCUT2D eigenvalue weighted by atomic mass is 10.1. The molecule has 0 amide bonds. The highest BCUT2D eigenvalue weighted by atomic mass is 16.5.